The second-order valence-corrected chi connectivity index (χ2v) is 8.26. The molecule has 0 atom stereocenters. The maximum Gasteiger partial charge on any atom is 0.339 e. The minimum absolute atomic E-state index is 0.00899. The number of hydrogen-bond donors (Lipinski definition) is 2. The van der Waals surface area contributed by atoms with Gasteiger partial charge in [0.2, 0.25) is 0 Å². The molecule has 2 aromatic carbocycles. The Morgan fingerprint density at radius 3 is 2.59 bits per heavy atom. The predicted octanol–water partition coefficient (Wildman–Crippen LogP) is 3.27. The van der Waals surface area contributed by atoms with Crippen LogP contribution in [0.4, 0.5) is 4.39 Å². The predicted molar refractivity (Wildman–Crippen MR) is 101 cm³/mol. The minimum Gasteiger partial charge on any atom is -0.495 e. The molecule has 0 bridgehead atoms. The number of sulfone groups is 1. The summed E-state index contributed by atoms with van der Waals surface area (Å²) in [5.41, 5.74) is -0.182. The average molecular weight is 459 g/mol. The van der Waals surface area contributed by atoms with E-state index in [1.54, 1.807) is 0 Å². The van der Waals surface area contributed by atoms with E-state index in [2.05, 4.69) is 15.9 Å². The van der Waals surface area contributed by atoms with Crippen molar-refractivity contribution >= 4 is 37.8 Å². The Bertz CT molecular complexity index is 1000. The third-order valence-electron chi connectivity index (χ3n) is 3.67. The number of halogens is 2. The number of methoxy groups -OCH3 is 1. The van der Waals surface area contributed by atoms with Crippen LogP contribution in [-0.2, 0) is 15.6 Å². The molecule has 0 saturated heterocycles. The summed E-state index contributed by atoms with van der Waals surface area (Å²) in [5, 5.41) is 18.4. The molecule has 2 aromatic rings. The number of hydrogen-bond acceptors (Lipinski definition) is 5. The van der Waals surface area contributed by atoms with Crippen LogP contribution < -0.4 is 4.74 Å². The molecule has 9 heteroatoms. The summed E-state index contributed by atoms with van der Waals surface area (Å²) < 4.78 is 44.7. The number of carbonyl (C=O) groups is 1. The van der Waals surface area contributed by atoms with Gasteiger partial charge in [-0.25, -0.2) is 17.6 Å². The lowest BCUT2D eigenvalue weighted by atomic mass is 10.1. The molecule has 0 aliphatic rings. The van der Waals surface area contributed by atoms with Crippen molar-refractivity contribution in [1.82, 2.24) is 0 Å². The van der Waals surface area contributed by atoms with E-state index < -0.39 is 27.4 Å². The lowest BCUT2D eigenvalue weighted by Gasteiger charge is -2.14. The highest BCUT2D eigenvalue weighted by Gasteiger charge is 2.25. The molecule has 27 heavy (non-hydrogen) atoms. The average Bonchev–Trinajstić information content (AvgIpc) is 2.60. The van der Waals surface area contributed by atoms with Gasteiger partial charge in [0, 0.05) is 0 Å². The number of carboxylic acid groups (broad SMARTS) is 1. The third-order valence-corrected chi connectivity index (χ3v) is 6.03. The quantitative estimate of drug-likeness (QED) is 0.617. The summed E-state index contributed by atoms with van der Waals surface area (Å²) >= 11 is 3.17. The molecule has 2 rings (SSSR count). The van der Waals surface area contributed by atoms with Crippen molar-refractivity contribution in [3.63, 3.8) is 0 Å². The standard InChI is InChI=1S/C18H16BrFO6S/c1-26-17-14(19)6-4-12(16(17)18(22)23)10-27(24,25)15-7-5-13(20)9-11(15)3-2-8-21/h2-7,9,21H,8,10H2,1H3,(H,22,23)/b3-2+. The molecule has 0 heterocycles. The topological polar surface area (TPSA) is 101 Å². The first-order chi connectivity index (χ1) is 12.7. The van der Waals surface area contributed by atoms with Crippen LogP contribution in [0.3, 0.4) is 0 Å². The molecule has 0 fully saturated rings. The van der Waals surface area contributed by atoms with E-state index in [4.69, 9.17) is 9.84 Å². The monoisotopic (exact) mass is 458 g/mol. The molecular weight excluding hydrogens is 443 g/mol. The smallest absolute Gasteiger partial charge is 0.339 e. The summed E-state index contributed by atoms with van der Waals surface area (Å²) in [5.74, 6) is -2.58. The van der Waals surface area contributed by atoms with Crippen LogP contribution >= 0.6 is 15.9 Å². The van der Waals surface area contributed by atoms with E-state index in [1.165, 1.54) is 31.4 Å². The maximum absolute atomic E-state index is 13.5. The number of aliphatic hydroxyl groups is 1. The van der Waals surface area contributed by atoms with E-state index in [1.807, 2.05) is 0 Å². The van der Waals surface area contributed by atoms with Crippen molar-refractivity contribution < 1.29 is 32.6 Å². The van der Waals surface area contributed by atoms with E-state index in [-0.39, 0.29) is 33.9 Å². The minimum atomic E-state index is -4.02. The Kier molecular flexibility index (Phi) is 6.74. The zero-order valence-electron chi connectivity index (χ0n) is 14.1. The van der Waals surface area contributed by atoms with Gasteiger partial charge < -0.3 is 14.9 Å². The Labute approximate surface area is 164 Å². The molecule has 0 unspecified atom stereocenters. The van der Waals surface area contributed by atoms with Gasteiger partial charge in [0.25, 0.3) is 0 Å². The highest BCUT2D eigenvalue weighted by molar-refractivity contribution is 9.10. The van der Waals surface area contributed by atoms with Crippen LogP contribution in [0.15, 0.2) is 45.8 Å². The molecule has 0 aliphatic carbocycles. The zero-order valence-corrected chi connectivity index (χ0v) is 16.5. The Balaban J connectivity index is 2.59. The maximum atomic E-state index is 13.5. The van der Waals surface area contributed by atoms with Crippen molar-refractivity contribution in [2.45, 2.75) is 10.6 Å². The van der Waals surface area contributed by atoms with Crippen LogP contribution in [0.5, 0.6) is 5.75 Å². The third kappa shape index (κ3) is 4.74. The molecule has 0 saturated carbocycles. The molecule has 0 spiro atoms. The second-order valence-electron chi connectivity index (χ2n) is 5.45. The van der Waals surface area contributed by atoms with Crippen molar-refractivity contribution in [1.29, 1.82) is 0 Å². The molecular formula is C18H16BrFO6S. The first-order valence-electron chi connectivity index (χ1n) is 7.59. The largest absolute Gasteiger partial charge is 0.495 e. The molecule has 0 amide bonds. The van der Waals surface area contributed by atoms with Crippen molar-refractivity contribution in [2.24, 2.45) is 0 Å². The van der Waals surface area contributed by atoms with E-state index in [0.717, 1.165) is 18.2 Å². The number of aliphatic hydroxyl groups excluding tert-OH is 1. The fourth-order valence-corrected chi connectivity index (χ4v) is 4.61. The molecule has 0 aromatic heterocycles. The number of carboxylic acids is 1. The van der Waals surface area contributed by atoms with E-state index >= 15 is 0 Å². The molecule has 6 nitrogen and oxygen atoms in total. The van der Waals surface area contributed by atoms with Gasteiger partial charge in [0.15, 0.2) is 9.84 Å². The number of rotatable bonds is 7. The molecule has 0 radical (unpaired) electrons. The summed E-state index contributed by atoms with van der Waals surface area (Å²) in [6, 6.07) is 6.01. The van der Waals surface area contributed by atoms with Crippen LogP contribution in [-0.4, -0.2) is 38.3 Å². The van der Waals surface area contributed by atoms with Gasteiger partial charge in [-0.2, -0.15) is 0 Å². The van der Waals surface area contributed by atoms with Gasteiger partial charge in [-0.05, 0) is 51.3 Å². The van der Waals surface area contributed by atoms with Gasteiger partial charge in [-0.3, -0.25) is 0 Å². The van der Waals surface area contributed by atoms with Crippen molar-refractivity contribution in [3.8, 4) is 5.75 Å². The number of benzene rings is 2. The summed E-state index contributed by atoms with van der Waals surface area (Å²) in [6.45, 7) is -0.344. The molecule has 144 valence electrons. The lowest BCUT2D eigenvalue weighted by Crippen LogP contribution is -2.12. The Morgan fingerprint density at radius 2 is 2.00 bits per heavy atom. The molecule has 2 N–H and O–H groups in total. The van der Waals surface area contributed by atoms with Gasteiger partial charge in [0.05, 0.1) is 28.8 Å². The number of ether oxygens (including phenoxy) is 1. The van der Waals surface area contributed by atoms with Crippen molar-refractivity contribution in [2.75, 3.05) is 13.7 Å². The fourth-order valence-electron chi connectivity index (χ4n) is 2.55. The van der Waals surface area contributed by atoms with Crippen molar-refractivity contribution in [3.05, 3.63) is 63.4 Å². The van der Waals surface area contributed by atoms with Gasteiger partial charge in [-0.1, -0.05) is 18.2 Å². The summed E-state index contributed by atoms with van der Waals surface area (Å²) in [6.07, 6.45) is 2.56. The fraction of sp³-hybridized carbons (Fsp3) is 0.167. The number of aromatic carboxylic acids is 1. The Morgan fingerprint density at radius 1 is 1.30 bits per heavy atom. The molecule has 0 aliphatic heterocycles. The highest BCUT2D eigenvalue weighted by atomic mass is 79.9. The zero-order chi connectivity index (χ0) is 20.2. The first-order valence-corrected chi connectivity index (χ1v) is 10.0. The van der Waals surface area contributed by atoms with Crippen LogP contribution in [0.1, 0.15) is 21.5 Å². The SMILES string of the molecule is COc1c(Br)ccc(CS(=O)(=O)c2ccc(F)cc2/C=C/CO)c1C(=O)O. The first kappa shape index (κ1) is 21.1. The normalized spacial score (nSPS) is 11.7. The Hall–Kier alpha value is -2.23. The van der Waals surface area contributed by atoms with Gasteiger partial charge >= 0.3 is 5.97 Å². The lowest BCUT2D eigenvalue weighted by molar-refractivity contribution is 0.0692. The summed E-state index contributed by atoms with van der Waals surface area (Å²) in [7, 11) is -2.74. The van der Waals surface area contributed by atoms with E-state index in [0.29, 0.717) is 4.47 Å². The van der Waals surface area contributed by atoms with Gasteiger partial charge in [-0.15, -0.1) is 0 Å². The van der Waals surface area contributed by atoms with Crippen LogP contribution in [0, 0.1) is 5.82 Å². The van der Waals surface area contributed by atoms with Crippen LogP contribution in [0.2, 0.25) is 0 Å². The van der Waals surface area contributed by atoms with E-state index in [9.17, 15) is 22.7 Å². The van der Waals surface area contributed by atoms with Gasteiger partial charge in [0.1, 0.15) is 17.1 Å². The highest BCUT2D eigenvalue weighted by Crippen LogP contribution is 2.33. The summed E-state index contributed by atoms with van der Waals surface area (Å²) in [4.78, 5) is 11.5. The second kappa shape index (κ2) is 8.64. The van der Waals surface area contributed by atoms with Crippen LogP contribution in [0.25, 0.3) is 6.08 Å².